The highest BCUT2D eigenvalue weighted by molar-refractivity contribution is 7.99. The number of hydrogen-bond donors (Lipinski definition) is 1. The maximum Gasteiger partial charge on any atom is 0.0658 e. The van der Waals surface area contributed by atoms with Gasteiger partial charge in [-0.15, -0.1) is 0 Å². The summed E-state index contributed by atoms with van der Waals surface area (Å²) in [6.07, 6.45) is 10.7. The lowest BCUT2D eigenvalue weighted by atomic mass is 9.89. The molecule has 0 aliphatic heterocycles. The van der Waals surface area contributed by atoms with Crippen LogP contribution in [0.25, 0.3) is 0 Å². The van der Waals surface area contributed by atoms with E-state index in [0.29, 0.717) is 5.41 Å². The molecular formula is C29H62N2OS. The Morgan fingerprint density at radius 1 is 0.667 bits per heavy atom. The Labute approximate surface area is 214 Å². The lowest BCUT2D eigenvalue weighted by molar-refractivity contribution is 0.00451. The average Bonchev–Trinajstić information content (AvgIpc) is 2.62. The van der Waals surface area contributed by atoms with E-state index in [2.05, 4.69) is 86.4 Å². The van der Waals surface area contributed by atoms with Gasteiger partial charge in [0.25, 0.3) is 0 Å². The minimum atomic E-state index is 0.0152. The Kier molecular flexibility index (Phi) is 16.2. The molecule has 0 saturated carbocycles. The van der Waals surface area contributed by atoms with Crippen molar-refractivity contribution in [3.05, 3.63) is 0 Å². The van der Waals surface area contributed by atoms with Crippen LogP contribution < -0.4 is 5.32 Å². The summed E-state index contributed by atoms with van der Waals surface area (Å²) in [4.78, 5) is 2.67. The van der Waals surface area contributed by atoms with Gasteiger partial charge in [0.1, 0.15) is 0 Å². The highest BCUT2D eigenvalue weighted by atomic mass is 32.2. The molecule has 0 fully saturated rings. The maximum absolute atomic E-state index is 5.78. The number of thioether (sulfide) groups is 1. The van der Waals surface area contributed by atoms with Crippen molar-refractivity contribution >= 4 is 11.8 Å². The number of unbranched alkanes of at least 4 members (excludes halogenated alkanes) is 5. The molecule has 3 nitrogen and oxygen atoms in total. The van der Waals surface area contributed by atoms with Crippen molar-refractivity contribution in [1.82, 2.24) is 10.2 Å². The van der Waals surface area contributed by atoms with Crippen molar-refractivity contribution in [2.45, 2.75) is 139 Å². The topological polar surface area (TPSA) is 24.5 Å². The van der Waals surface area contributed by atoms with Gasteiger partial charge >= 0.3 is 0 Å². The van der Waals surface area contributed by atoms with Gasteiger partial charge in [-0.25, -0.2) is 0 Å². The van der Waals surface area contributed by atoms with Crippen LogP contribution in [0.2, 0.25) is 0 Å². The van der Waals surface area contributed by atoms with Gasteiger partial charge in [-0.1, -0.05) is 73.6 Å². The van der Waals surface area contributed by atoms with Gasteiger partial charge in [0, 0.05) is 31.0 Å². The normalized spacial score (nSPS) is 13.8. The highest BCUT2D eigenvalue weighted by Gasteiger charge is 2.33. The van der Waals surface area contributed by atoms with E-state index in [1.165, 1.54) is 57.2 Å². The van der Waals surface area contributed by atoms with Crippen LogP contribution in [0.5, 0.6) is 0 Å². The van der Waals surface area contributed by atoms with Crippen LogP contribution in [0.4, 0.5) is 0 Å². The first-order valence-corrected chi connectivity index (χ1v) is 14.9. The van der Waals surface area contributed by atoms with Crippen LogP contribution in [-0.2, 0) is 4.74 Å². The van der Waals surface area contributed by atoms with E-state index in [1.54, 1.807) is 0 Å². The number of nitrogens with one attached hydrogen (secondary N) is 1. The zero-order valence-corrected chi connectivity index (χ0v) is 25.5. The molecular weight excluding hydrogens is 424 g/mol. The fourth-order valence-corrected chi connectivity index (χ4v) is 5.13. The summed E-state index contributed by atoms with van der Waals surface area (Å²) in [7, 11) is 0. The fourth-order valence-electron chi connectivity index (χ4n) is 4.35. The maximum atomic E-state index is 5.78. The third kappa shape index (κ3) is 20.2. The van der Waals surface area contributed by atoms with E-state index in [4.69, 9.17) is 4.74 Å². The molecule has 0 atom stereocenters. The Balaban J connectivity index is 4.09. The molecule has 0 unspecified atom stereocenters. The predicted octanol–water partition coefficient (Wildman–Crippen LogP) is 8.38. The predicted molar refractivity (Wildman–Crippen MR) is 153 cm³/mol. The second-order valence-electron chi connectivity index (χ2n) is 13.8. The molecule has 200 valence electrons. The number of rotatable bonds is 18. The minimum Gasteiger partial charge on any atom is -0.381 e. The molecule has 0 radical (unpaired) electrons. The summed E-state index contributed by atoms with van der Waals surface area (Å²) in [5.41, 5.74) is 0.945. The zero-order chi connectivity index (χ0) is 25.6. The van der Waals surface area contributed by atoms with Crippen LogP contribution in [0.1, 0.15) is 128 Å². The quantitative estimate of drug-likeness (QED) is 0.155. The number of nitrogens with zero attached hydrogens (tertiary/aromatic N) is 1. The smallest absolute Gasteiger partial charge is 0.0658 e. The number of hydrogen-bond acceptors (Lipinski definition) is 4. The molecule has 0 spiro atoms. The van der Waals surface area contributed by atoms with Crippen molar-refractivity contribution in [1.29, 1.82) is 0 Å². The highest BCUT2D eigenvalue weighted by Crippen LogP contribution is 2.25. The summed E-state index contributed by atoms with van der Waals surface area (Å²) in [6.45, 7) is 29.5. The van der Waals surface area contributed by atoms with Gasteiger partial charge in [0.15, 0.2) is 0 Å². The second kappa shape index (κ2) is 16.1. The molecule has 0 amide bonds. The van der Waals surface area contributed by atoms with E-state index in [-0.39, 0.29) is 16.6 Å². The van der Waals surface area contributed by atoms with Crippen molar-refractivity contribution in [3.63, 3.8) is 0 Å². The molecule has 4 heteroatoms. The fraction of sp³-hybridized carbons (Fsp3) is 1.00. The van der Waals surface area contributed by atoms with E-state index in [1.807, 2.05) is 11.8 Å². The van der Waals surface area contributed by atoms with Gasteiger partial charge in [-0.3, -0.25) is 10.2 Å². The van der Waals surface area contributed by atoms with Gasteiger partial charge in [-0.05, 0) is 70.5 Å². The van der Waals surface area contributed by atoms with Crippen LogP contribution in [-0.4, -0.2) is 53.9 Å². The minimum absolute atomic E-state index is 0.0152. The van der Waals surface area contributed by atoms with Crippen molar-refractivity contribution in [2.75, 3.05) is 37.8 Å². The van der Waals surface area contributed by atoms with E-state index in [0.717, 1.165) is 31.9 Å². The SMILES string of the molecule is CC(C)(C)CCCCCCCCN(C(C)(C)C)C(C)(C)NCCSCCCOCC(C)(C)C. The monoisotopic (exact) mass is 486 g/mol. The average molecular weight is 487 g/mol. The molecule has 0 rings (SSSR count). The van der Waals surface area contributed by atoms with Gasteiger partial charge < -0.3 is 4.74 Å². The van der Waals surface area contributed by atoms with Gasteiger partial charge in [-0.2, -0.15) is 11.8 Å². The molecule has 0 aliphatic rings. The molecule has 33 heavy (non-hydrogen) atoms. The molecule has 0 heterocycles. The lowest BCUT2D eigenvalue weighted by Crippen LogP contribution is -2.61. The number of ether oxygens (including phenoxy) is 1. The first kappa shape index (κ1) is 33.2. The van der Waals surface area contributed by atoms with Crippen LogP contribution in [0.3, 0.4) is 0 Å². The van der Waals surface area contributed by atoms with Crippen molar-refractivity contribution in [3.8, 4) is 0 Å². The summed E-state index contributed by atoms with van der Waals surface area (Å²) in [5.74, 6) is 2.35. The Bertz CT molecular complexity index is 471. The van der Waals surface area contributed by atoms with Gasteiger partial charge in [0.2, 0.25) is 0 Å². The largest absolute Gasteiger partial charge is 0.381 e. The molecule has 0 aromatic rings. The molecule has 0 aromatic carbocycles. The van der Waals surface area contributed by atoms with Crippen LogP contribution >= 0.6 is 11.8 Å². The third-order valence-corrected chi connectivity index (χ3v) is 7.03. The summed E-state index contributed by atoms with van der Waals surface area (Å²) >= 11 is 2.04. The van der Waals surface area contributed by atoms with Crippen molar-refractivity contribution in [2.24, 2.45) is 10.8 Å². The molecule has 0 saturated heterocycles. The van der Waals surface area contributed by atoms with E-state index in [9.17, 15) is 0 Å². The van der Waals surface area contributed by atoms with Crippen molar-refractivity contribution < 1.29 is 4.74 Å². The summed E-state index contributed by atoms with van der Waals surface area (Å²) in [5, 5.41) is 3.84. The first-order valence-electron chi connectivity index (χ1n) is 13.7. The lowest BCUT2D eigenvalue weighted by Gasteiger charge is -2.48. The third-order valence-electron chi connectivity index (χ3n) is 5.96. The Morgan fingerprint density at radius 2 is 1.24 bits per heavy atom. The van der Waals surface area contributed by atoms with Gasteiger partial charge in [0.05, 0.1) is 12.3 Å². The molecule has 0 aliphatic carbocycles. The van der Waals surface area contributed by atoms with E-state index >= 15 is 0 Å². The Morgan fingerprint density at radius 3 is 1.79 bits per heavy atom. The van der Waals surface area contributed by atoms with E-state index < -0.39 is 0 Å². The summed E-state index contributed by atoms with van der Waals surface area (Å²) < 4.78 is 5.78. The molecule has 0 aromatic heterocycles. The molecule has 1 N–H and O–H groups in total. The second-order valence-corrected chi connectivity index (χ2v) is 15.0. The standard InChI is InChI=1S/C29H62N2OS/c1-26(2,3)19-16-14-12-13-15-17-21-31(28(7,8)9)29(10,11)30-20-24-33-23-18-22-32-25-27(4,5)6/h30H,12-25H2,1-11H3. The van der Waals surface area contributed by atoms with Crippen LogP contribution in [0.15, 0.2) is 0 Å². The van der Waals surface area contributed by atoms with Crippen LogP contribution in [0, 0.1) is 10.8 Å². The first-order chi connectivity index (χ1) is 15.0. The molecule has 0 bridgehead atoms. The summed E-state index contributed by atoms with van der Waals surface area (Å²) in [6, 6.07) is 0. The Hall–Kier alpha value is 0.230. The zero-order valence-electron chi connectivity index (χ0n) is 24.7.